The van der Waals surface area contributed by atoms with Gasteiger partial charge in [-0.25, -0.2) is 0 Å². The predicted molar refractivity (Wildman–Crippen MR) is 127 cm³/mol. The average molecular weight is 459 g/mol. The number of carbonyl (C=O) groups is 1. The van der Waals surface area contributed by atoms with E-state index in [1.54, 1.807) is 30.5 Å². The van der Waals surface area contributed by atoms with Gasteiger partial charge in [-0.15, -0.1) is 0 Å². The van der Waals surface area contributed by atoms with E-state index in [9.17, 15) is 9.90 Å². The molecule has 1 atom stereocenters. The first kappa shape index (κ1) is 22.1. The number of nitrogens with zero attached hydrogens (tertiary/aromatic N) is 1. The van der Waals surface area contributed by atoms with Crippen molar-refractivity contribution in [3.8, 4) is 11.5 Å². The van der Waals surface area contributed by atoms with Gasteiger partial charge in [-0.3, -0.25) is 9.78 Å². The first-order valence-electron chi connectivity index (χ1n) is 11.3. The largest absolute Gasteiger partial charge is 0.486 e. The first-order valence-corrected chi connectivity index (χ1v) is 11.3. The van der Waals surface area contributed by atoms with Crippen molar-refractivity contribution in [2.45, 2.75) is 25.9 Å². The molecule has 0 unspecified atom stereocenters. The minimum atomic E-state index is -0.233. The monoisotopic (exact) mass is 458 g/mol. The van der Waals surface area contributed by atoms with Crippen molar-refractivity contribution in [1.29, 1.82) is 0 Å². The fourth-order valence-corrected chi connectivity index (χ4v) is 4.14. The van der Waals surface area contributed by atoms with Crippen LogP contribution in [0, 0.1) is 6.92 Å². The quantitative estimate of drug-likeness (QED) is 0.388. The molecule has 0 amide bonds. The van der Waals surface area contributed by atoms with Gasteiger partial charge in [-0.2, -0.15) is 0 Å². The number of carbonyl (C=O) groups excluding carboxylic acids is 1. The number of hydrogen-bond acceptors (Lipinski definition) is 7. The molecule has 7 nitrogen and oxygen atoms in total. The Kier molecular flexibility index (Phi) is 6.29. The highest BCUT2D eigenvalue weighted by Crippen LogP contribution is 2.32. The number of pyridine rings is 1. The lowest BCUT2D eigenvalue weighted by Gasteiger charge is -2.18. The number of nitrogens with one attached hydrogen (secondary N) is 1. The summed E-state index contributed by atoms with van der Waals surface area (Å²) < 4.78 is 17.1. The molecule has 174 valence electrons. The maximum atomic E-state index is 13.2. The van der Waals surface area contributed by atoms with Crippen molar-refractivity contribution in [3.63, 3.8) is 0 Å². The molecule has 4 aromatic rings. The van der Waals surface area contributed by atoms with Crippen molar-refractivity contribution in [2.75, 3.05) is 19.8 Å². The van der Waals surface area contributed by atoms with E-state index in [0.717, 1.165) is 16.5 Å². The van der Waals surface area contributed by atoms with Crippen LogP contribution in [0.5, 0.6) is 11.5 Å². The smallest absolute Gasteiger partial charge is 0.228 e. The van der Waals surface area contributed by atoms with Crippen LogP contribution in [0.15, 0.2) is 65.2 Å². The lowest BCUT2D eigenvalue weighted by atomic mass is 10.1. The second kappa shape index (κ2) is 9.67. The van der Waals surface area contributed by atoms with E-state index in [1.807, 2.05) is 37.3 Å². The lowest BCUT2D eigenvalue weighted by molar-refractivity contribution is 0.101. The highest BCUT2D eigenvalue weighted by atomic mass is 16.6. The van der Waals surface area contributed by atoms with Gasteiger partial charge in [0.15, 0.2) is 22.8 Å². The topological polar surface area (TPSA) is 93.8 Å². The zero-order valence-electron chi connectivity index (χ0n) is 18.9. The molecule has 2 N–H and O–H groups in total. The number of aryl methyl sites for hydroxylation is 1. The van der Waals surface area contributed by atoms with Crippen molar-refractivity contribution in [2.24, 2.45) is 0 Å². The number of aliphatic hydroxyl groups is 1. The van der Waals surface area contributed by atoms with Crippen molar-refractivity contribution in [3.05, 3.63) is 88.9 Å². The fourth-order valence-electron chi connectivity index (χ4n) is 4.14. The van der Waals surface area contributed by atoms with Gasteiger partial charge in [0.1, 0.15) is 13.2 Å². The lowest BCUT2D eigenvalue weighted by Crippen LogP contribution is -2.34. The van der Waals surface area contributed by atoms with E-state index < -0.39 is 0 Å². The molecule has 0 aliphatic carbocycles. The molecule has 7 heteroatoms. The second-order valence-corrected chi connectivity index (χ2v) is 8.36. The summed E-state index contributed by atoms with van der Waals surface area (Å²) in [5, 5.41) is 14.1. The molecule has 0 radical (unpaired) electrons. The first-order chi connectivity index (χ1) is 16.6. The third kappa shape index (κ3) is 4.53. The Labute approximate surface area is 197 Å². The van der Waals surface area contributed by atoms with Gasteiger partial charge in [0.25, 0.3) is 0 Å². The van der Waals surface area contributed by atoms with E-state index in [0.29, 0.717) is 54.5 Å². The van der Waals surface area contributed by atoms with Crippen LogP contribution in [0.4, 0.5) is 0 Å². The summed E-state index contributed by atoms with van der Waals surface area (Å²) in [6.45, 7) is 3.30. The van der Waals surface area contributed by atoms with Gasteiger partial charge in [0.05, 0.1) is 12.3 Å². The Morgan fingerprint density at radius 1 is 1.09 bits per heavy atom. The highest BCUT2D eigenvalue weighted by molar-refractivity contribution is 6.09. The van der Waals surface area contributed by atoms with Gasteiger partial charge in [-0.1, -0.05) is 30.3 Å². The Morgan fingerprint density at radius 3 is 2.68 bits per heavy atom. The maximum Gasteiger partial charge on any atom is 0.228 e. The van der Waals surface area contributed by atoms with E-state index in [4.69, 9.17) is 13.9 Å². The number of furan rings is 1. The van der Waals surface area contributed by atoms with E-state index in [2.05, 4.69) is 10.3 Å². The number of aromatic nitrogens is 1. The molecule has 2 aromatic heterocycles. The molecule has 0 fully saturated rings. The van der Waals surface area contributed by atoms with Crippen LogP contribution in [-0.2, 0) is 13.0 Å². The van der Waals surface area contributed by atoms with Crippen LogP contribution >= 0.6 is 0 Å². The van der Waals surface area contributed by atoms with E-state index in [-0.39, 0.29) is 24.2 Å². The van der Waals surface area contributed by atoms with Crippen molar-refractivity contribution < 1.29 is 23.8 Å². The second-order valence-electron chi connectivity index (χ2n) is 8.36. The molecule has 0 saturated carbocycles. The Balaban J connectivity index is 1.38. The van der Waals surface area contributed by atoms with Gasteiger partial charge in [-0.05, 0) is 48.7 Å². The van der Waals surface area contributed by atoms with Gasteiger partial charge >= 0.3 is 0 Å². The predicted octanol–water partition coefficient (Wildman–Crippen LogP) is 3.83. The molecular formula is C27H26N2O5. The van der Waals surface area contributed by atoms with Gasteiger partial charge in [0, 0.05) is 29.7 Å². The third-order valence-corrected chi connectivity index (χ3v) is 5.98. The summed E-state index contributed by atoms with van der Waals surface area (Å²) >= 11 is 0. The normalized spacial score (nSPS) is 13.7. The molecule has 34 heavy (non-hydrogen) atoms. The number of benzene rings is 2. The van der Waals surface area contributed by atoms with E-state index in [1.165, 1.54) is 0 Å². The number of fused-ring (bicyclic) bond motifs is 2. The fraction of sp³-hybridized carbons (Fsp3) is 0.259. The molecule has 1 aliphatic rings. The van der Waals surface area contributed by atoms with Crippen LogP contribution in [0.3, 0.4) is 0 Å². The zero-order valence-corrected chi connectivity index (χ0v) is 18.9. The van der Waals surface area contributed by atoms with Gasteiger partial charge in [0.2, 0.25) is 5.78 Å². The number of ether oxygens (including phenoxy) is 2. The van der Waals surface area contributed by atoms with Crippen LogP contribution in [-0.4, -0.2) is 41.7 Å². The molecular weight excluding hydrogens is 432 g/mol. The Hall–Kier alpha value is -3.68. The van der Waals surface area contributed by atoms with Crippen LogP contribution in [0.25, 0.3) is 11.0 Å². The summed E-state index contributed by atoms with van der Waals surface area (Å²) in [6.07, 6.45) is 2.49. The number of rotatable bonds is 8. The summed E-state index contributed by atoms with van der Waals surface area (Å²) in [6, 6.07) is 16.8. The SMILES string of the molecule is Cc1ncc(CN[C@@H](CO)Cc2ccccc2)c2cc(C(=O)c3ccc4c(c3)OCCO4)oc12. The minimum Gasteiger partial charge on any atom is -0.486 e. The maximum absolute atomic E-state index is 13.2. The minimum absolute atomic E-state index is 0.0105. The summed E-state index contributed by atoms with van der Waals surface area (Å²) in [4.78, 5) is 17.6. The van der Waals surface area contributed by atoms with Crippen molar-refractivity contribution in [1.82, 2.24) is 10.3 Å². The number of hydrogen-bond donors (Lipinski definition) is 2. The standard InChI is InChI=1S/C27H26N2O5/c1-17-27-22(20(14-28-17)15-29-21(16-30)11-18-5-3-2-4-6-18)13-25(34-27)26(31)19-7-8-23-24(12-19)33-10-9-32-23/h2-8,12-14,21,29-30H,9-11,15-16H2,1H3/t21-/m1/s1. The average Bonchev–Trinajstić information content (AvgIpc) is 3.34. The van der Waals surface area contributed by atoms with E-state index >= 15 is 0 Å². The third-order valence-electron chi connectivity index (χ3n) is 5.98. The molecule has 0 spiro atoms. The van der Waals surface area contributed by atoms with Crippen LogP contribution < -0.4 is 14.8 Å². The molecule has 0 bridgehead atoms. The molecule has 3 heterocycles. The number of ketones is 1. The summed E-state index contributed by atoms with van der Waals surface area (Å²) in [7, 11) is 0. The molecule has 2 aromatic carbocycles. The zero-order chi connectivity index (χ0) is 23.5. The Bertz CT molecular complexity index is 1320. The van der Waals surface area contributed by atoms with Crippen LogP contribution in [0.1, 0.15) is 32.9 Å². The molecule has 5 rings (SSSR count). The van der Waals surface area contributed by atoms with Crippen molar-refractivity contribution >= 4 is 16.8 Å². The number of aliphatic hydroxyl groups excluding tert-OH is 1. The van der Waals surface area contributed by atoms with Gasteiger partial charge < -0.3 is 24.3 Å². The Morgan fingerprint density at radius 2 is 1.88 bits per heavy atom. The summed E-state index contributed by atoms with van der Waals surface area (Å²) in [5.74, 6) is 1.20. The van der Waals surface area contributed by atoms with Crippen LogP contribution in [0.2, 0.25) is 0 Å². The molecule has 0 saturated heterocycles. The molecule has 1 aliphatic heterocycles. The summed E-state index contributed by atoms with van der Waals surface area (Å²) in [5.41, 5.74) is 3.82. The highest BCUT2D eigenvalue weighted by Gasteiger charge is 2.21.